The lowest BCUT2D eigenvalue weighted by Crippen LogP contribution is -2.63. The van der Waals surface area contributed by atoms with E-state index < -0.39 is 11.6 Å². The van der Waals surface area contributed by atoms with Gasteiger partial charge in [-0.25, -0.2) is 4.79 Å². The van der Waals surface area contributed by atoms with E-state index in [-0.39, 0.29) is 23.8 Å². The minimum absolute atomic E-state index is 0.197. The van der Waals surface area contributed by atoms with Gasteiger partial charge in [-0.1, -0.05) is 12.1 Å². The lowest BCUT2D eigenvalue weighted by atomic mass is 9.78. The Balaban J connectivity index is 1.40. The molecule has 4 fully saturated rings. The lowest BCUT2D eigenvalue weighted by Gasteiger charge is -2.52. The topological polar surface area (TPSA) is 70.0 Å². The normalized spacial score (nSPS) is 36.4. The maximum absolute atomic E-state index is 13.0. The van der Waals surface area contributed by atoms with Crippen molar-refractivity contribution in [3.05, 3.63) is 44.8 Å². The molecule has 2 aromatic rings. The molecule has 2 aliphatic heterocycles. The number of ether oxygens (including phenoxy) is 1. The van der Waals surface area contributed by atoms with Crippen molar-refractivity contribution >= 4 is 28.6 Å². The molecule has 2 aliphatic carbocycles. The van der Waals surface area contributed by atoms with Crippen LogP contribution in [0.15, 0.2) is 35.0 Å². The van der Waals surface area contributed by atoms with Crippen molar-refractivity contribution in [3.63, 3.8) is 0 Å². The summed E-state index contributed by atoms with van der Waals surface area (Å²) in [6.07, 6.45) is 0.799. The van der Waals surface area contributed by atoms with Gasteiger partial charge in [0.1, 0.15) is 6.10 Å². The first kappa shape index (κ1) is 16.0. The standard InChI is InChI=1S/C18H19NO4S2/c1-19-11-8-10(9-17(19)14(11)15(17)20)23-16(21)18(22,12-4-2-6-24-12)13-5-3-7-25-13/h2-7,10-11,14-15,20,22H,8-9H2,1H3. The van der Waals surface area contributed by atoms with Crippen LogP contribution in [0, 0.1) is 5.92 Å². The fourth-order valence-electron chi connectivity index (χ4n) is 4.93. The maximum Gasteiger partial charge on any atom is 0.349 e. The molecule has 0 radical (unpaired) electrons. The van der Waals surface area contributed by atoms with E-state index in [1.165, 1.54) is 22.7 Å². The average molecular weight is 377 g/mol. The molecule has 7 heteroatoms. The van der Waals surface area contributed by atoms with Gasteiger partial charge in [0.05, 0.1) is 21.4 Å². The number of thiophene rings is 2. The molecule has 4 aliphatic rings. The Bertz CT molecular complexity index is 763. The van der Waals surface area contributed by atoms with Gasteiger partial charge in [-0.15, -0.1) is 22.7 Å². The van der Waals surface area contributed by atoms with Crippen LogP contribution >= 0.6 is 22.7 Å². The fraction of sp³-hybridized carbons (Fsp3) is 0.500. The monoisotopic (exact) mass is 377 g/mol. The number of hydrogen-bond acceptors (Lipinski definition) is 7. The third-order valence-electron chi connectivity index (χ3n) is 6.27. The van der Waals surface area contributed by atoms with Crippen molar-refractivity contribution in [3.8, 4) is 0 Å². The molecule has 5 nitrogen and oxygen atoms in total. The Morgan fingerprint density at radius 2 is 1.96 bits per heavy atom. The first-order chi connectivity index (χ1) is 12.0. The van der Waals surface area contributed by atoms with E-state index >= 15 is 0 Å². The van der Waals surface area contributed by atoms with Crippen LogP contribution < -0.4 is 0 Å². The zero-order valence-electron chi connectivity index (χ0n) is 13.7. The highest BCUT2D eigenvalue weighted by Crippen LogP contribution is 2.68. The molecule has 2 aromatic heterocycles. The Labute approximate surface area is 153 Å². The van der Waals surface area contributed by atoms with E-state index in [1.54, 1.807) is 12.1 Å². The largest absolute Gasteiger partial charge is 0.460 e. The third-order valence-corrected chi connectivity index (χ3v) is 8.23. The minimum Gasteiger partial charge on any atom is -0.460 e. The highest BCUT2D eigenvalue weighted by molar-refractivity contribution is 7.12. The van der Waals surface area contributed by atoms with Crippen molar-refractivity contribution in [2.45, 2.75) is 42.2 Å². The van der Waals surface area contributed by atoms with E-state index in [0.717, 1.165) is 6.42 Å². The van der Waals surface area contributed by atoms with Gasteiger partial charge >= 0.3 is 5.97 Å². The second kappa shape index (κ2) is 5.14. The Kier molecular flexibility index (Phi) is 3.28. The van der Waals surface area contributed by atoms with E-state index in [4.69, 9.17) is 4.74 Å². The molecule has 2 N–H and O–H groups in total. The predicted molar refractivity (Wildman–Crippen MR) is 94.5 cm³/mol. The first-order valence-electron chi connectivity index (χ1n) is 8.42. The average Bonchev–Trinajstić information content (AvgIpc) is 3.15. The van der Waals surface area contributed by atoms with Crippen LogP contribution in [0.5, 0.6) is 0 Å². The van der Waals surface area contributed by atoms with Gasteiger partial charge in [0.25, 0.3) is 0 Å². The van der Waals surface area contributed by atoms with E-state index in [0.29, 0.717) is 22.1 Å². The van der Waals surface area contributed by atoms with Gasteiger partial charge in [0.2, 0.25) is 5.60 Å². The number of hydrogen-bond donors (Lipinski definition) is 2. The molecule has 2 saturated carbocycles. The highest BCUT2D eigenvalue weighted by atomic mass is 32.1. The lowest BCUT2D eigenvalue weighted by molar-refractivity contribution is -0.177. The van der Waals surface area contributed by atoms with E-state index in [1.807, 2.05) is 29.9 Å². The predicted octanol–water partition coefficient (Wildman–Crippen LogP) is 1.79. The molecule has 2 saturated heterocycles. The summed E-state index contributed by atoms with van der Waals surface area (Å²) in [4.78, 5) is 16.4. The van der Waals surface area contributed by atoms with Crippen LogP contribution in [0.4, 0.5) is 0 Å². The summed E-state index contributed by atoms with van der Waals surface area (Å²) >= 11 is 2.69. The summed E-state index contributed by atoms with van der Waals surface area (Å²) in [6.45, 7) is 0. The summed E-state index contributed by atoms with van der Waals surface area (Å²) in [6, 6.07) is 7.44. The molecule has 0 aromatic carbocycles. The molecule has 25 heavy (non-hydrogen) atoms. The number of fused-ring (bicyclic) bond motifs is 2. The van der Waals surface area contributed by atoms with Crippen LogP contribution in [0.3, 0.4) is 0 Å². The smallest absolute Gasteiger partial charge is 0.349 e. The van der Waals surface area contributed by atoms with E-state index in [2.05, 4.69) is 4.90 Å². The highest BCUT2D eigenvalue weighted by Gasteiger charge is 2.81. The summed E-state index contributed by atoms with van der Waals surface area (Å²) in [7, 11) is 2.03. The number of esters is 1. The number of aliphatic hydroxyl groups is 2. The summed E-state index contributed by atoms with van der Waals surface area (Å²) in [5, 5.41) is 25.1. The van der Waals surface area contributed by atoms with Gasteiger partial charge in [-0.2, -0.15) is 0 Å². The molecular formula is C18H19NO4S2. The SMILES string of the molecule is CN1C2CC(OC(=O)C(O)(c3cccs3)c3cccs3)CC13C(O)C23. The van der Waals surface area contributed by atoms with Crippen molar-refractivity contribution in [2.24, 2.45) is 5.92 Å². The number of nitrogens with zero attached hydrogens (tertiary/aromatic N) is 1. The Hall–Kier alpha value is -1.25. The second-order valence-electron chi connectivity index (χ2n) is 7.27. The maximum atomic E-state index is 13.0. The summed E-state index contributed by atoms with van der Waals surface area (Å²) in [5.74, 6) is -0.282. The van der Waals surface area contributed by atoms with Gasteiger partial charge in [0, 0.05) is 24.8 Å². The Morgan fingerprint density at radius 1 is 1.32 bits per heavy atom. The molecule has 1 spiro atoms. The van der Waals surface area contributed by atoms with E-state index in [9.17, 15) is 15.0 Å². The number of likely N-dealkylation sites (N-methyl/N-ethyl adjacent to an activating group) is 1. The number of rotatable bonds is 4. The quantitative estimate of drug-likeness (QED) is 0.795. The fourth-order valence-corrected chi connectivity index (χ4v) is 6.64. The first-order valence-corrected chi connectivity index (χ1v) is 10.2. The van der Waals surface area contributed by atoms with Gasteiger partial charge in [-0.3, -0.25) is 4.90 Å². The van der Waals surface area contributed by atoms with Gasteiger partial charge in [-0.05, 0) is 29.9 Å². The summed E-state index contributed by atoms with van der Waals surface area (Å²) < 4.78 is 5.78. The van der Waals surface area contributed by atoms with Gasteiger partial charge in [0.15, 0.2) is 0 Å². The van der Waals surface area contributed by atoms with Crippen LogP contribution in [0.25, 0.3) is 0 Å². The summed E-state index contributed by atoms with van der Waals surface area (Å²) in [5.41, 5.74) is -1.95. The van der Waals surface area contributed by atoms with Crippen LogP contribution in [0.2, 0.25) is 0 Å². The molecule has 5 atom stereocenters. The number of piperidine rings is 1. The Morgan fingerprint density at radius 3 is 2.44 bits per heavy atom. The molecular weight excluding hydrogens is 358 g/mol. The van der Waals surface area contributed by atoms with Crippen LogP contribution in [-0.4, -0.2) is 51.9 Å². The number of aliphatic hydroxyl groups excluding tert-OH is 1. The zero-order chi connectivity index (χ0) is 17.4. The minimum atomic E-state index is -1.75. The second-order valence-corrected chi connectivity index (χ2v) is 9.17. The number of carbonyl (C=O) groups excluding carboxylic acids is 1. The molecule has 0 amide bonds. The van der Waals surface area contributed by atoms with Crippen molar-refractivity contribution in [1.82, 2.24) is 4.90 Å². The van der Waals surface area contributed by atoms with Crippen molar-refractivity contribution in [2.75, 3.05) is 7.05 Å². The van der Waals surface area contributed by atoms with Crippen LogP contribution in [0.1, 0.15) is 22.6 Å². The molecule has 4 heterocycles. The molecule has 2 bridgehead atoms. The molecule has 5 unspecified atom stereocenters. The molecule has 132 valence electrons. The molecule has 6 rings (SSSR count). The zero-order valence-corrected chi connectivity index (χ0v) is 15.3. The van der Waals surface area contributed by atoms with Gasteiger partial charge < -0.3 is 14.9 Å². The number of carbonyl (C=O) groups is 1. The third kappa shape index (κ3) is 1.90. The van der Waals surface area contributed by atoms with Crippen LogP contribution in [-0.2, 0) is 15.1 Å². The van der Waals surface area contributed by atoms with Crippen molar-refractivity contribution < 1.29 is 19.7 Å². The van der Waals surface area contributed by atoms with Crippen molar-refractivity contribution in [1.29, 1.82) is 0 Å².